The maximum atomic E-state index is 13.3. The number of nitrogens with zero attached hydrogens (tertiary/aromatic N) is 1. The van der Waals surface area contributed by atoms with Crippen LogP contribution in [0, 0.1) is 5.82 Å². The zero-order valence-electron chi connectivity index (χ0n) is 19.5. The van der Waals surface area contributed by atoms with Crippen LogP contribution >= 0.6 is 0 Å². The van der Waals surface area contributed by atoms with Gasteiger partial charge in [-0.15, -0.1) is 0 Å². The third kappa shape index (κ3) is 5.40. The van der Waals surface area contributed by atoms with E-state index in [0.717, 1.165) is 23.1 Å². The van der Waals surface area contributed by atoms with Gasteiger partial charge in [-0.3, -0.25) is 15.0 Å². The first-order valence-electron chi connectivity index (χ1n) is 11.6. The first kappa shape index (κ1) is 25.7. The molecule has 1 aromatic heterocycles. The number of aromatic nitrogens is 1. The smallest absolute Gasteiger partial charge is 0.265 e. The number of carbonyl (C=O) groups is 1. The molecule has 2 heterocycles. The van der Waals surface area contributed by atoms with Crippen LogP contribution in [0.1, 0.15) is 24.8 Å². The van der Waals surface area contributed by atoms with E-state index in [-0.39, 0.29) is 36.8 Å². The number of pyridine rings is 1. The minimum Gasteiger partial charge on any atom is -0.494 e. The molecule has 0 unspecified atom stereocenters. The van der Waals surface area contributed by atoms with E-state index in [9.17, 15) is 17.6 Å². The molecule has 0 saturated carbocycles. The van der Waals surface area contributed by atoms with Gasteiger partial charge in [0.05, 0.1) is 11.5 Å². The van der Waals surface area contributed by atoms with Gasteiger partial charge in [-0.05, 0) is 79.3 Å². The molecule has 8 nitrogen and oxygen atoms in total. The Balaban J connectivity index is 1.35. The fourth-order valence-electron chi connectivity index (χ4n) is 4.25. The molecule has 1 amide bonds. The Morgan fingerprint density at radius 3 is 2.42 bits per heavy atom. The average molecular weight is 515 g/mol. The van der Waals surface area contributed by atoms with E-state index >= 15 is 0 Å². The second kappa shape index (κ2) is 11.2. The van der Waals surface area contributed by atoms with E-state index in [2.05, 4.69) is 4.98 Å². The van der Waals surface area contributed by atoms with Crippen LogP contribution in [-0.2, 0) is 25.8 Å². The molecule has 1 aliphatic rings. The highest BCUT2D eigenvalue weighted by atomic mass is 32.2. The predicted octanol–water partition coefficient (Wildman–Crippen LogP) is 3.73. The van der Waals surface area contributed by atoms with E-state index in [0.29, 0.717) is 18.8 Å². The van der Waals surface area contributed by atoms with Gasteiger partial charge in [0.15, 0.2) is 14.6 Å². The Bertz CT molecular complexity index is 1290. The van der Waals surface area contributed by atoms with Crippen LogP contribution in [0.2, 0.25) is 0 Å². The molecule has 2 aromatic carbocycles. The zero-order chi connectivity index (χ0) is 25.6. The minimum absolute atomic E-state index is 0.0240. The number of benzene rings is 2. The van der Waals surface area contributed by atoms with Crippen LogP contribution in [0.25, 0.3) is 11.1 Å². The van der Waals surface area contributed by atoms with Crippen molar-refractivity contribution in [1.29, 1.82) is 0 Å². The molecule has 190 valence electrons. The molecule has 10 heteroatoms. The van der Waals surface area contributed by atoms with Crippen molar-refractivity contribution >= 4 is 15.7 Å². The Hall–Kier alpha value is -3.34. The highest BCUT2D eigenvalue weighted by molar-refractivity contribution is 7.93. The van der Waals surface area contributed by atoms with Crippen LogP contribution in [0.3, 0.4) is 0 Å². The van der Waals surface area contributed by atoms with Crippen LogP contribution in [0.15, 0.2) is 71.9 Å². The van der Waals surface area contributed by atoms with Gasteiger partial charge < -0.3 is 9.47 Å². The number of hydrogen-bond donors (Lipinski definition) is 2. The largest absolute Gasteiger partial charge is 0.494 e. The summed E-state index contributed by atoms with van der Waals surface area (Å²) in [5.41, 5.74) is 4.32. The van der Waals surface area contributed by atoms with Crippen molar-refractivity contribution in [2.75, 3.05) is 19.8 Å². The number of rotatable bonds is 9. The molecule has 2 N–H and O–H groups in total. The number of carbonyl (C=O) groups excluding carboxylic acids is 1. The van der Waals surface area contributed by atoms with Gasteiger partial charge in [0.25, 0.3) is 5.91 Å². The lowest BCUT2D eigenvalue weighted by atomic mass is 9.98. The Morgan fingerprint density at radius 1 is 1.06 bits per heavy atom. The summed E-state index contributed by atoms with van der Waals surface area (Å²) in [6.45, 7) is 0.618. The number of halogens is 1. The molecule has 1 fully saturated rings. The number of amides is 1. The van der Waals surface area contributed by atoms with E-state index in [4.69, 9.17) is 14.7 Å². The normalized spacial score (nSPS) is 15.3. The standard InChI is InChI=1S/C26H27FN2O6S/c27-22-5-3-20(4-6-22)21-16-19(17-28-18-21)2-1-13-35-23-7-9-24(10-8-23)36(32,33)26(25(30)29-31)11-14-34-15-12-26/h3-10,16-18,31H,1-2,11-15H2,(H,29,30). The summed E-state index contributed by atoms with van der Waals surface area (Å²) in [4.78, 5) is 16.6. The lowest BCUT2D eigenvalue weighted by molar-refractivity contribution is -0.134. The van der Waals surface area contributed by atoms with Crippen molar-refractivity contribution in [1.82, 2.24) is 10.5 Å². The van der Waals surface area contributed by atoms with Gasteiger partial charge in [-0.25, -0.2) is 18.3 Å². The van der Waals surface area contributed by atoms with E-state index in [1.807, 2.05) is 6.07 Å². The molecule has 3 aromatic rings. The lowest BCUT2D eigenvalue weighted by Gasteiger charge is -2.34. The number of ether oxygens (including phenoxy) is 2. The minimum atomic E-state index is -4.08. The molecule has 0 spiro atoms. The van der Waals surface area contributed by atoms with Crippen molar-refractivity contribution < 1.29 is 32.3 Å². The molecule has 0 atom stereocenters. The van der Waals surface area contributed by atoms with Gasteiger partial charge in [0, 0.05) is 31.2 Å². The maximum Gasteiger partial charge on any atom is 0.265 e. The number of nitrogens with one attached hydrogen (secondary N) is 1. The number of sulfone groups is 1. The van der Waals surface area contributed by atoms with Crippen molar-refractivity contribution in [2.24, 2.45) is 0 Å². The van der Waals surface area contributed by atoms with Crippen molar-refractivity contribution in [3.05, 3.63) is 78.4 Å². The molecule has 4 rings (SSSR count). The first-order chi connectivity index (χ1) is 17.4. The molecule has 0 radical (unpaired) electrons. The zero-order valence-corrected chi connectivity index (χ0v) is 20.3. The summed E-state index contributed by atoms with van der Waals surface area (Å²) >= 11 is 0. The summed E-state index contributed by atoms with van der Waals surface area (Å²) in [6.07, 6.45) is 4.84. The monoisotopic (exact) mass is 514 g/mol. The topological polar surface area (TPSA) is 115 Å². The van der Waals surface area contributed by atoms with Gasteiger partial charge in [0.2, 0.25) is 0 Å². The van der Waals surface area contributed by atoms with Gasteiger partial charge in [0.1, 0.15) is 11.6 Å². The highest BCUT2D eigenvalue weighted by Gasteiger charge is 2.52. The molecule has 1 aliphatic heterocycles. The first-order valence-corrected chi connectivity index (χ1v) is 13.0. The molecule has 36 heavy (non-hydrogen) atoms. The molecule has 1 saturated heterocycles. The van der Waals surface area contributed by atoms with Crippen molar-refractivity contribution in [2.45, 2.75) is 35.3 Å². The second-order valence-electron chi connectivity index (χ2n) is 8.56. The van der Waals surface area contributed by atoms with E-state index in [1.54, 1.807) is 36.7 Å². The third-order valence-electron chi connectivity index (χ3n) is 6.32. The second-order valence-corrected chi connectivity index (χ2v) is 10.8. The summed E-state index contributed by atoms with van der Waals surface area (Å²) in [5.74, 6) is -0.742. The van der Waals surface area contributed by atoms with Gasteiger partial charge in [-0.1, -0.05) is 12.1 Å². The number of hydroxylamine groups is 1. The number of aryl methyl sites for hydroxylation is 1. The predicted molar refractivity (Wildman–Crippen MR) is 130 cm³/mol. The van der Waals surface area contributed by atoms with Crippen LogP contribution in [-0.4, -0.2) is 49.1 Å². The Labute approximate surface area is 209 Å². The van der Waals surface area contributed by atoms with E-state index < -0.39 is 20.5 Å². The van der Waals surface area contributed by atoms with Gasteiger partial charge in [-0.2, -0.15) is 0 Å². The van der Waals surface area contributed by atoms with Crippen molar-refractivity contribution in [3.63, 3.8) is 0 Å². The fraction of sp³-hybridized carbons (Fsp3) is 0.308. The Kier molecular flexibility index (Phi) is 7.97. The number of hydrogen-bond acceptors (Lipinski definition) is 7. The molecule has 0 aliphatic carbocycles. The van der Waals surface area contributed by atoms with Crippen LogP contribution in [0.5, 0.6) is 5.75 Å². The molecule has 0 bridgehead atoms. The molecular weight excluding hydrogens is 487 g/mol. The summed E-state index contributed by atoms with van der Waals surface area (Å²) in [6, 6.07) is 14.2. The third-order valence-corrected chi connectivity index (χ3v) is 8.83. The van der Waals surface area contributed by atoms with Crippen molar-refractivity contribution in [3.8, 4) is 16.9 Å². The van der Waals surface area contributed by atoms with Crippen LogP contribution in [0.4, 0.5) is 4.39 Å². The summed E-state index contributed by atoms with van der Waals surface area (Å²) in [5, 5.41) is 9.15. The van der Waals surface area contributed by atoms with Gasteiger partial charge >= 0.3 is 0 Å². The Morgan fingerprint density at radius 2 is 1.75 bits per heavy atom. The van der Waals surface area contributed by atoms with Crippen LogP contribution < -0.4 is 10.2 Å². The van der Waals surface area contributed by atoms with E-state index in [1.165, 1.54) is 29.7 Å². The maximum absolute atomic E-state index is 13.3. The SMILES string of the molecule is O=C(NO)C1(S(=O)(=O)c2ccc(OCCCc3cncc(-c4ccc(F)cc4)c3)cc2)CCOCC1. The summed E-state index contributed by atoms with van der Waals surface area (Å²) < 4.78 is 49.0. The highest BCUT2D eigenvalue weighted by Crippen LogP contribution is 2.35. The average Bonchev–Trinajstić information content (AvgIpc) is 2.92. The quantitative estimate of drug-likeness (QED) is 0.254. The summed E-state index contributed by atoms with van der Waals surface area (Å²) in [7, 11) is -4.08. The lowest BCUT2D eigenvalue weighted by Crippen LogP contribution is -2.54. The fourth-order valence-corrected chi connectivity index (χ4v) is 6.19. The molecular formula is C26H27FN2O6S.